The minimum atomic E-state index is -4.63. The monoisotopic (exact) mass is 348 g/mol. The van der Waals surface area contributed by atoms with E-state index in [0.29, 0.717) is 0 Å². The summed E-state index contributed by atoms with van der Waals surface area (Å²) >= 11 is 0. The van der Waals surface area contributed by atoms with Gasteiger partial charge >= 0.3 is 13.3 Å². The molecule has 1 saturated heterocycles. The minimum absolute atomic E-state index is 0.0282. The molecule has 1 saturated carbocycles. The third-order valence-electron chi connectivity index (χ3n) is 5.06. The highest BCUT2D eigenvalue weighted by Crippen LogP contribution is 2.56. The first-order chi connectivity index (χ1) is 10.7. The lowest BCUT2D eigenvalue weighted by atomic mass is 9.77. The smallest absolute Gasteiger partial charge is 0.399 e. The molecule has 1 aromatic carbocycles. The van der Waals surface area contributed by atoms with Crippen molar-refractivity contribution in [2.45, 2.75) is 63.3 Å². The van der Waals surface area contributed by atoms with Crippen molar-refractivity contribution < 1.29 is 31.3 Å². The van der Waals surface area contributed by atoms with E-state index in [2.05, 4.69) is 0 Å². The molecule has 0 bridgehead atoms. The van der Waals surface area contributed by atoms with Gasteiger partial charge in [-0.1, -0.05) is 12.1 Å². The van der Waals surface area contributed by atoms with E-state index in [4.69, 9.17) is 9.31 Å². The third kappa shape index (κ3) is 2.94. The van der Waals surface area contributed by atoms with E-state index in [-0.39, 0.29) is 11.0 Å². The highest BCUT2D eigenvalue weighted by molar-refractivity contribution is 6.62. The predicted molar refractivity (Wildman–Crippen MR) is 79.5 cm³/mol. The van der Waals surface area contributed by atoms with Crippen LogP contribution in [0.1, 0.15) is 51.2 Å². The van der Waals surface area contributed by atoms with Crippen molar-refractivity contribution in [1.82, 2.24) is 0 Å². The molecule has 132 valence electrons. The molecule has 8 heteroatoms. The van der Waals surface area contributed by atoms with E-state index in [9.17, 15) is 22.0 Å². The largest absolute Gasteiger partial charge is 0.494 e. The van der Waals surface area contributed by atoms with Crippen LogP contribution >= 0.6 is 0 Å². The van der Waals surface area contributed by atoms with Crippen LogP contribution in [0.2, 0.25) is 0 Å². The van der Waals surface area contributed by atoms with Gasteiger partial charge in [-0.25, -0.2) is 8.78 Å². The molecule has 0 aromatic heterocycles. The molecule has 0 radical (unpaired) electrons. The van der Waals surface area contributed by atoms with Gasteiger partial charge in [-0.2, -0.15) is 13.2 Å². The molecule has 24 heavy (non-hydrogen) atoms. The molecule has 1 aliphatic carbocycles. The standard InChI is InChI=1S/C16H18BF5O2/c1-13(2)14(3,4)24-17(23-13)11-6-9(12-8-15(12,18)19)5-10(7-11)16(20,21)22/h5-7,12H,8H2,1-4H3. The summed E-state index contributed by atoms with van der Waals surface area (Å²) in [6.07, 6.45) is -5.06. The van der Waals surface area contributed by atoms with Gasteiger partial charge in [0.2, 0.25) is 0 Å². The fourth-order valence-electron chi connectivity index (χ4n) is 2.73. The van der Waals surface area contributed by atoms with Gasteiger partial charge in [0.05, 0.1) is 22.7 Å². The second kappa shape index (κ2) is 4.94. The summed E-state index contributed by atoms with van der Waals surface area (Å²) in [5.74, 6) is -4.13. The van der Waals surface area contributed by atoms with Gasteiger partial charge in [-0.15, -0.1) is 0 Å². The van der Waals surface area contributed by atoms with E-state index < -0.39 is 48.3 Å². The summed E-state index contributed by atoms with van der Waals surface area (Å²) in [4.78, 5) is 0. The van der Waals surface area contributed by atoms with Gasteiger partial charge in [-0.05, 0) is 44.8 Å². The quantitative estimate of drug-likeness (QED) is 0.591. The molecule has 1 unspecified atom stereocenters. The number of alkyl halides is 5. The zero-order valence-electron chi connectivity index (χ0n) is 13.8. The van der Waals surface area contributed by atoms with E-state index in [1.54, 1.807) is 27.7 Å². The topological polar surface area (TPSA) is 18.5 Å². The van der Waals surface area contributed by atoms with E-state index in [1.807, 2.05) is 0 Å². The first-order valence-corrected chi connectivity index (χ1v) is 7.68. The van der Waals surface area contributed by atoms with Crippen molar-refractivity contribution in [3.05, 3.63) is 29.3 Å². The average molecular weight is 348 g/mol. The molecule has 1 heterocycles. The molecule has 1 aliphatic heterocycles. The normalized spacial score (nSPS) is 27.4. The first-order valence-electron chi connectivity index (χ1n) is 7.68. The molecule has 1 aromatic rings. The van der Waals surface area contributed by atoms with Crippen LogP contribution in [-0.4, -0.2) is 24.2 Å². The Labute approximate surface area is 137 Å². The van der Waals surface area contributed by atoms with Crippen LogP contribution in [0, 0.1) is 0 Å². The number of benzene rings is 1. The van der Waals surface area contributed by atoms with Crippen LogP contribution < -0.4 is 5.46 Å². The lowest BCUT2D eigenvalue weighted by molar-refractivity contribution is -0.137. The molecule has 0 spiro atoms. The zero-order chi connectivity index (χ0) is 18.1. The van der Waals surface area contributed by atoms with Gasteiger partial charge in [0.1, 0.15) is 0 Å². The maximum absolute atomic E-state index is 13.3. The van der Waals surface area contributed by atoms with Crippen molar-refractivity contribution >= 4 is 12.6 Å². The number of halogens is 5. The Morgan fingerprint density at radius 1 is 1.00 bits per heavy atom. The second-order valence-electron chi connectivity index (χ2n) is 7.49. The van der Waals surface area contributed by atoms with Crippen molar-refractivity contribution in [3.8, 4) is 0 Å². The first kappa shape index (κ1) is 17.7. The lowest BCUT2D eigenvalue weighted by Crippen LogP contribution is -2.41. The third-order valence-corrected chi connectivity index (χ3v) is 5.06. The van der Waals surface area contributed by atoms with E-state index in [1.165, 1.54) is 6.07 Å². The summed E-state index contributed by atoms with van der Waals surface area (Å²) in [7, 11) is -1.02. The maximum Gasteiger partial charge on any atom is 0.494 e. The SMILES string of the molecule is CC1(C)OB(c2cc(C3CC3(F)F)cc(C(F)(F)F)c2)OC1(C)C. The summed E-state index contributed by atoms with van der Waals surface area (Å²) in [5, 5.41) is 0. The predicted octanol–water partition coefficient (Wildman–Crippen LogP) is 4.13. The molecule has 3 rings (SSSR count). The fourth-order valence-corrected chi connectivity index (χ4v) is 2.73. The molecule has 1 atom stereocenters. The summed E-state index contributed by atoms with van der Waals surface area (Å²) < 4.78 is 77.6. The fraction of sp³-hybridized carbons (Fsp3) is 0.625. The Hall–Kier alpha value is -1.15. The van der Waals surface area contributed by atoms with E-state index in [0.717, 1.165) is 12.1 Å². The maximum atomic E-state index is 13.3. The Kier molecular flexibility index (Phi) is 3.64. The van der Waals surface area contributed by atoms with Crippen LogP contribution in [0.3, 0.4) is 0 Å². The Bertz CT molecular complexity index is 653. The zero-order valence-corrected chi connectivity index (χ0v) is 13.8. The average Bonchev–Trinajstić information content (AvgIpc) is 2.97. The van der Waals surface area contributed by atoms with Crippen LogP contribution in [-0.2, 0) is 15.5 Å². The van der Waals surface area contributed by atoms with Crippen molar-refractivity contribution in [1.29, 1.82) is 0 Å². The van der Waals surface area contributed by atoms with Crippen LogP contribution in [0.4, 0.5) is 22.0 Å². The summed E-state index contributed by atoms with van der Waals surface area (Å²) in [6.45, 7) is 7.10. The molecule has 2 aliphatic rings. The molecule has 2 nitrogen and oxygen atoms in total. The highest BCUT2D eigenvalue weighted by Gasteiger charge is 2.58. The molecule has 0 amide bonds. The van der Waals surface area contributed by atoms with Crippen LogP contribution in [0.15, 0.2) is 18.2 Å². The Morgan fingerprint density at radius 3 is 1.92 bits per heavy atom. The number of rotatable bonds is 2. The highest BCUT2D eigenvalue weighted by atomic mass is 19.4. The van der Waals surface area contributed by atoms with Gasteiger partial charge in [0.25, 0.3) is 5.92 Å². The van der Waals surface area contributed by atoms with Gasteiger partial charge in [-0.3, -0.25) is 0 Å². The van der Waals surface area contributed by atoms with Gasteiger partial charge in [0, 0.05) is 6.42 Å². The Morgan fingerprint density at radius 2 is 1.50 bits per heavy atom. The molecular weight excluding hydrogens is 330 g/mol. The molecule has 2 fully saturated rings. The number of hydrogen-bond acceptors (Lipinski definition) is 2. The van der Waals surface area contributed by atoms with Crippen molar-refractivity contribution in [2.24, 2.45) is 0 Å². The summed E-state index contributed by atoms with van der Waals surface area (Å²) in [6, 6.07) is 3.04. The second-order valence-corrected chi connectivity index (χ2v) is 7.49. The van der Waals surface area contributed by atoms with E-state index >= 15 is 0 Å². The Balaban J connectivity index is 2.01. The van der Waals surface area contributed by atoms with Gasteiger partial charge in [0.15, 0.2) is 0 Å². The lowest BCUT2D eigenvalue weighted by Gasteiger charge is -2.32. The van der Waals surface area contributed by atoms with Crippen molar-refractivity contribution in [3.63, 3.8) is 0 Å². The molecular formula is C16H18BF5O2. The minimum Gasteiger partial charge on any atom is -0.399 e. The number of hydrogen-bond donors (Lipinski definition) is 0. The van der Waals surface area contributed by atoms with Crippen molar-refractivity contribution in [2.75, 3.05) is 0 Å². The van der Waals surface area contributed by atoms with Crippen LogP contribution in [0.5, 0.6) is 0 Å². The molecule has 0 N–H and O–H groups in total. The van der Waals surface area contributed by atoms with Gasteiger partial charge < -0.3 is 9.31 Å². The summed E-state index contributed by atoms with van der Waals surface area (Å²) in [5.41, 5.74) is -2.33. The van der Waals surface area contributed by atoms with Crippen LogP contribution in [0.25, 0.3) is 0 Å².